The molecule has 2 N–H and O–H groups in total. The van der Waals surface area contributed by atoms with Gasteiger partial charge < -0.3 is 15.4 Å². The normalized spacial score (nSPS) is 21.1. The zero-order valence-electron chi connectivity index (χ0n) is 10.7. The maximum atomic E-state index is 11.6. The molecule has 0 bridgehead atoms. The van der Waals surface area contributed by atoms with Gasteiger partial charge >= 0.3 is 5.97 Å². The molecular weight excluding hydrogens is 204 g/mol. The lowest BCUT2D eigenvalue weighted by Gasteiger charge is -2.31. The molecule has 0 amide bonds. The van der Waals surface area contributed by atoms with Gasteiger partial charge in [0, 0.05) is 12.6 Å². The molecule has 0 aliphatic heterocycles. The molecule has 4 heteroatoms. The number of hydrogen-bond acceptors (Lipinski definition) is 4. The van der Waals surface area contributed by atoms with Gasteiger partial charge in [-0.05, 0) is 33.7 Å². The van der Waals surface area contributed by atoms with Crippen molar-refractivity contribution in [3.63, 3.8) is 0 Å². The first kappa shape index (κ1) is 13.5. The van der Waals surface area contributed by atoms with Gasteiger partial charge in [-0.25, -0.2) is 0 Å². The van der Waals surface area contributed by atoms with Crippen molar-refractivity contribution in [2.75, 3.05) is 20.2 Å². The van der Waals surface area contributed by atoms with Crippen LogP contribution in [0.5, 0.6) is 0 Å². The maximum Gasteiger partial charge on any atom is 0.327 e. The second-order valence-corrected chi connectivity index (χ2v) is 4.99. The molecule has 1 unspecified atom stereocenters. The highest BCUT2D eigenvalue weighted by molar-refractivity contribution is 5.80. The lowest BCUT2D eigenvalue weighted by atomic mass is 10.0. The van der Waals surface area contributed by atoms with Crippen LogP contribution in [0.3, 0.4) is 0 Å². The van der Waals surface area contributed by atoms with E-state index in [4.69, 9.17) is 10.5 Å². The smallest absolute Gasteiger partial charge is 0.327 e. The number of nitrogens with two attached hydrogens (primary N) is 1. The molecule has 1 fully saturated rings. The van der Waals surface area contributed by atoms with Crippen LogP contribution in [0.25, 0.3) is 0 Å². The Morgan fingerprint density at radius 1 is 1.50 bits per heavy atom. The molecule has 94 valence electrons. The molecule has 1 rings (SSSR count). The van der Waals surface area contributed by atoms with E-state index in [1.54, 1.807) is 13.8 Å². The highest BCUT2D eigenvalue weighted by atomic mass is 16.5. The summed E-state index contributed by atoms with van der Waals surface area (Å²) in [5.41, 5.74) is 5.10. The molecule has 0 radical (unpaired) electrons. The lowest BCUT2D eigenvalue weighted by molar-refractivity contribution is -0.149. The lowest BCUT2D eigenvalue weighted by Crippen LogP contribution is -2.55. The molecule has 0 aromatic rings. The monoisotopic (exact) mass is 228 g/mol. The van der Waals surface area contributed by atoms with E-state index in [2.05, 4.69) is 4.90 Å². The topological polar surface area (TPSA) is 55.6 Å². The third-order valence-corrected chi connectivity index (χ3v) is 3.27. The Bertz CT molecular complexity index is 235. The van der Waals surface area contributed by atoms with Crippen LogP contribution in [-0.2, 0) is 9.53 Å². The van der Waals surface area contributed by atoms with Gasteiger partial charge in [0.25, 0.3) is 0 Å². The average molecular weight is 228 g/mol. The minimum atomic E-state index is -0.895. The average Bonchev–Trinajstić information content (AvgIpc) is 2.70. The molecule has 1 aliphatic rings. The van der Waals surface area contributed by atoms with Crippen LogP contribution in [0.4, 0.5) is 0 Å². The highest BCUT2D eigenvalue weighted by Gasteiger charge is 2.33. The summed E-state index contributed by atoms with van der Waals surface area (Å²) >= 11 is 0. The van der Waals surface area contributed by atoms with Crippen molar-refractivity contribution in [2.24, 2.45) is 5.73 Å². The Morgan fingerprint density at radius 2 is 2.06 bits per heavy atom. The molecule has 4 nitrogen and oxygen atoms in total. The summed E-state index contributed by atoms with van der Waals surface area (Å²) in [6, 6.07) is 0.581. The van der Waals surface area contributed by atoms with E-state index in [0.29, 0.717) is 19.2 Å². The Hall–Kier alpha value is -0.610. The van der Waals surface area contributed by atoms with Crippen LogP contribution < -0.4 is 5.73 Å². The van der Waals surface area contributed by atoms with Crippen LogP contribution in [0.1, 0.15) is 39.5 Å². The fraction of sp³-hybridized carbons (Fsp3) is 0.917. The van der Waals surface area contributed by atoms with E-state index in [1.807, 2.05) is 7.05 Å². The number of hydrogen-bond donors (Lipinski definition) is 1. The first-order valence-corrected chi connectivity index (χ1v) is 6.13. The quantitative estimate of drug-likeness (QED) is 0.717. The minimum Gasteiger partial charge on any atom is -0.465 e. The van der Waals surface area contributed by atoms with Crippen molar-refractivity contribution in [2.45, 2.75) is 51.1 Å². The number of ether oxygens (including phenoxy) is 1. The molecule has 0 aromatic heterocycles. The molecule has 0 heterocycles. The molecular formula is C12H24N2O2. The summed E-state index contributed by atoms with van der Waals surface area (Å²) < 4.78 is 4.98. The molecule has 0 saturated heterocycles. The van der Waals surface area contributed by atoms with Gasteiger partial charge in [0.2, 0.25) is 0 Å². The number of rotatable bonds is 5. The summed E-state index contributed by atoms with van der Waals surface area (Å²) in [4.78, 5) is 13.8. The Morgan fingerprint density at radius 3 is 2.56 bits per heavy atom. The summed E-state index contributed by atoms with van der Waals surface area (Å²) in [5, 5.41) is 0. The van der Waals surface area contributed by atoms with Crippen molar-refractivity contribution in [1.82, 2.24) is 4.90 Å². The van der Waals surface area contributed by atoms with E-state index in [-0.39, 0.29) is 5.97 Å². The fourth-order valence-electron chi connectivity index (χ4n) is 2.35. The van der Waals surface area contributed by atoms with Crippen LogP contribution in [0.2, 0.25) is 0 Å². The largest absolute Gasteiger partial charge is 0.465 e. The maximum absolute atomic E-state index is 11.6. The summed E-state index contributed by atoms with van der Waals surface area (Å²) in [6.45, 7) is 4.50. The molecule has 16 heavy (non-hydrogen) atoms. The highest BCUT2D eigenvalue weighted by Crippen LogP contribution is 2.23. The number of likely N-dealkylation sites (N-methyl/N-ethyl adjacent to an activating group) is 1. The molecule has 1 aliphatic carbocycles. The SMILES string of the molecule is CCOC(=O)C(C)(N)CN(C)C1CCCC1. The Labute approximate surface area is 98.1 Å². The second-order valence-electron chi connectivity index (χ2n) is 4.99. The predicted octanol–water partition coefficient (Wildman–Crippen LogP) is 1.14. The number of nitrogens with zero attached hydrogens (tertiary/aromatic N) is 1. The van der Waals surface area contributed by atoms with Gasteiger partial charge in [-0.2, -0.15) is 0 Å². The fourth-order valence-corrected chi connectivity index (χ4v) is 2.35. The third-order valence-electron chi connectivity index (χ3n) is 3.27. The van der Waals surface area contributed by atoms with E-state index in [9.17, 15) is 4.79 Å². The van der Waals surface area contributed by atoms with Gasteiger partial charge in [0.05, 0.1) is 6.61 Å². The van der Waals surface area contributed by atoms with Gasteiger partial charge in [0.1, 0.15) is 5.54 Å². The van der Waals surface area contributed by atoms with Gasteiger partial charge in [0.15, 0.2) is 0 Å². The van der Waals surface area contributed by atoms with Crippen LogP contribution in [0, 0.1) is 0 Å². The van der Waals surface area contributed by atoms with Gasteiger partial charge in [-0.3, -0.25) is 4.79 Å². The summed E-state index contributed by atoms with van der Waals surface area (Å²) in [6.07, 6.45) is 5.01. The molecule has 0 spiro atoms. The van der Waals surface area contributed by atoms with Crippen molar-refractivity contribution in [1.29, 1.82) is 0 Å². The molecule has 1 atom stereocenters. The van der Waals surface area contributed by atoms with Gasteiger partial charge in [-0.15, -0.1) is 0 Å². The number of carbonyl (C=O) groups is 1. The predicted molar refractivity (Wildman–Crippen MR) is 64.1 cm³/mol. The Balaban J connectivity index is 2.46. The summed E-state index contributed by atoms with van der Waals surface area (Å²) in [7, 11) is 2.04. The van der Waals surface area contributed by atoms with E-state index in [1.165, 1.54) is 25.7 Å². The zero-order valence-corrected chi connectivity index (χ0v) is 10.7. The van der Waals surface area contributed by atoms with Crippen LogP contribution in [-0.4, -0.2) is 42.6 Å². The van der Waals surface area contributed by atoms with E-state index < -0.39 is 5.54 Å². The van der Waals surface area contributed by atoms with Crippen LogP contribution >= 0.6 is 0 Å². The molecule has 1 saturated carbocycles. The standard InChI is InChI=1S/C12H24N2O2/c1-4-16-11(15)12(2,13)9-14(3)10-7-5-6-8-10/h10H,4-9,13H2,1-3H3. The van der Waals surface area contributed by atoms with E-state index >= 15 is 0 Å². The van der Waals surface area contributed by atoms with E-state index in [0.717, 1.165) is 0 Å². The van der Waals surface area contributed by atoms with Crippen molar-refractivity contribution in [3.8, 4) is 0 Å². The Kier molecular flexibility index (Phi) is 4.74. The van der Waals surface area contributed by atoms with Crippen molar-refractivity contribution < 1.29 is 9.53 Å². The first-order valence-electron chi connectivity index (χ1n) is 6.13. The number of carbonyl (C=O) groups excluding carboxylic acids is 1. The first-order chi connectivity index (χ1) is 7.47. The molecule has 0 aromatic carbocycles. The van der Waals surface area contributed by atoms with Crippen molar-refractivity contribution >= 4 is 5.97 Å². The minimum absolute atomic E-state index is 0.306. The third kappa shape index (κ3) is 3.46. The van der Waals surface area contributed by atoms with Gasteiger partial charge in [-0.1, -0.05) is 12.8 Å². The second kappa shape index (κ2) is 5.64. The van der Waals surface area contributed by atoms with Crippen LogP contribution in [0.15, 0.2) is 0 Å². The number of esters is 1. The summed E-state index contributed by atoms with van der Waals surface area (Å²) in [5.74, 6) is -0.306. The zero-order chi connectivity index (χ0) is 12.2. The van der Waals surface area contributed by atoms with Crippen molar-refractivity contribution in [3.05, 3.63) is 0 Å².